The highest BCUT2D eigenvalue weighted by Gasteiger charge is 2.31. The quantitative estimate of drug-likeness (QED) is 0.669. The first-order chi connectivity index (χ1) is 11.1. The molecular weight excluding hydrogens is 296 g/mol. The summed E-state index contributed by atoms with van der Waals surface area (Å²) in [6.45, 7) is 3.93. The van der Waals surface area contributed by atoms with Crippen LogP contribution in [0.4, 0.5) is 0 Å². The maximum Gasteiger partial charge on any atom is 0.235 e. The maximum atomic E-state index is 12.4. The number of Topliss-reactive ketones (excluding diaryl/α,β-unsaturated/α-hetero) is 1. The number of allylic oxidation sites excluding steroid dienone is 1. The first kappa shape index (κ1) is 14.7. The smallest absolute Gasteiger partial charge is 0.235 e. The maximum absolute atomic E-state index is 12.4. The van der Waals surface area contributed by atoms with Gasteiger partial charge < -0.3 is 19.7 Å². The van der Waals surface area contributed by atoms with E-state index in [2.05, 4.69) is 6.58 Å². The highest BCUT2D eigenvalue weighted by Crippen LogP contribution is 2.40. The molecule has 0 aromatic heterocycles. The van der Waals surface area contributed by atoms with E-state index in [1.165, 1.54) is 12.1 Å². The van der Waals surface area contributed by atoms with Gasteiger partial charge in [0.25, 0.3) is 0 Å². The zero-order valence-corrected chi connectivity index (χ0v) is 12.2. The van der Waals surface area contributed by atoms with Crippen LogP contribution in [0.2, 0.25) is 0 Å². The van der Waals surface area contributed by atoms with Crippen LogP contribution < -0.4 is 9.47 Å². The predicted molar refractivity (Wildman–Crippen MR) is 84.8 cm³/mol. The van der Waals surface area contributed by atoms with Crippen LogP contribution in [-0.2, 0) is 0 Å². The first-order valence-electron chi connectivity index (χ1n) is 6.93. The van der Waals surface area contributed by atoms with E-state index in [-0.39, 0.29) is 28.6 Å². The number of rotatable bonds is 4. The Morgan fingerprint density at radius 1 is 1.22 bits per heavy atom. The van der Waals surface area contributed by atoms with Crippen LogP contribution in [0.5, 0.6) is 23.0 Å². The number of aromatic hydroxyl groups is 2. The molecule has 1 aliphatic heterocycles. The molecule has 0 atom stereocenters. The Hall–Kier alpha value is -3.21. The van der Waals surface area contributed by atoms with Gasteiger partial charge in [0.1, 0.15) is 35.2 Å². The average Bonchev–Trinajstić information content (AvgIpc) is 2.82. The van der Waals surface area contributed by atoms with Crippen molar-refractivity contribution in [3.63, 3.8) is 0 Å². The van der Waals surface area contributed by atoms with Crippen molar-refractivity contribution in [1.82, 2.24) is 0 Å². The largest absolute Gasteiger partial charge is 0.508 e. The topological polar surface area (TPSA) is 76.0 Å². The van der Waals surface area contributed by atoms with Crippen LogP contribution in [0.25, 0.3) is 6.08 Å². The molecule has 5 heteroatoms. The number of ketones is 1. The number of ether oxygens (including phenoxy) is 2. The number of benzene rings is 2. The Labute approximate surface area is 132 Å². The van der Waals surface area contributed by atoms with E-state index in [1.807, 2.05) is 12.1 Å². The fourth-order valence-corrected chi connectivity index (χ4v) is 2.30. The van der Waals surface area contributed by atoms with E-state index < -0.39 is 5.78 Å². The zero-order valence-electron chi connectivity index (χ0n) is 12.2. The lowest BCUT2D eigenvalue weighted by Crippen LogP contribution is -2.00. The fourth-order valence-electron chi connectivity index (χ4n) is 2.30. The fraction of sp³-hybridized carbons (Fsp3) is 0.0556. The zero-order chi connectivity index (χ0) is 16.4. The molecule has 3 rings (SSSR count). The number of hydrogen-bond donors (Lipinski definition) is 2. The highest BCUT2D eigenvalue weighted by atomic mass is 16.5. The summed E-state index contributed by atoms with van der Waals surface area (Å²) in [5.41, 5.74) is 0.702. The second kappa shape index (κ2) is 5.88. The molecule has 2 N–H and O–H groups in total. The Bertz CT molecular complexity index is 820. The molecule has 2 aromatic carbocycles. The summed E-state index contributed by atoms with van der Waals surface area (Å²) in [5, 5.41) is 19.3. The predicted octanol–water partition coefficient (Wildman–Crippen LogP) is 3.28. The minimum Gasteiger partial charge on any atom is -0.508 e. The normalized spacial score (nSPS) is 14.4. The number of para-hydroxylation sites is 1. The van der Waals surface area contributed by atoms with Gasteiger partial charge in [-0.2, -0.15) is 0 Å². The third kappa shape index (κ3) is 2.76. The lowest BCUT2D eigenvalue weighted by Gasteiger charge is -2.07. The average molecular weight is 310 g/mol. The summed E-state index contributed by atoms with van der Waals surface area (Å²) in [4.78, 5) is 12.4. The van der Waals surface area contributed by atoms with Crippen molar-refractivity contribution >= 4 is 11.9 Å². The molecule has 116 valence electrons. The van der Waals surface area contributed by atoms with Gasteiger partial charge in [-0.05, 0) is 12.1 Å². The second-order valence-corrected chi connectivity index (χ2v) is 4.92. The molecule has 0 unspecified atom stereocenters. The van der Waals surface area contributed by atoms with E-state index in [0.29, 0.717) is 17.9 Å². The standard InChI is InChI=1S/C18H14O5/c1-2-7-22-14-6-4-3-5-11(14)8-16-18(21)17-13(20)9-12(19)10-15(17)23-16/h2-6,8-10,19-20H,1,7H2. The van der Waals surface area contributed by atoms with E-state index in [0.717, 1.165) is 6.07 Å². The summed E-state index contributed by atoms with van der Waals surface area (Å²) >= 11 is 0. The van der Waals surface area contributed by atoms with Gasteiger partial charge in [0.05, 0.1) is 0 Å². The second-order valence-electron chi connectivity index (χ2n) is 4.92. The van der Waals surface area contributed by atoms with Gasteiger partial charge >= 0.3 is 0 Å². The van der Waals surface area contributed by atoms with Crippen molar-refractivity contribution in [2.75, 3.05) is 6.61 Å². The molecule has 2 aromatic rings. The molecule has 0 saturated carbocycles. The molecule has 0 spiro atoms. The lowest BCUT2D eigenvalue weighted by molar-refractivity contribution is 0.101. The van der Waals surface area contributed by atoms with Crippen LogP contribution in [0.3, 0.4) is 0 Å². The third-order valence-corrected chi connectivity index (χ3v) is 3.30. The van der Waals surface area contributed by atoms with Gasteiger partial charge in [-0.25, -0.2) is 0 Å². The number of carbonyl (C=O) groups excluding carboxylic acids is 1. The molecule has 0 fully saturated rings. The van der Waals surface area contributed by atoms with Crippen molar-refractivity contribution in [3.05, 3.63) is 65.9 Å². The van der Waals surface area contributed by atoms with Crippen molar-refractivity contribution < 1.29 is 24.5 Å². The molecule has 23 heavy (non-hydrogen) atoms. The van der Waals surface area contributed by atoms with Crippen LogP contribution >= 0.6 is 0 Å². The van der Waals surface area contributed by atoms with E-state index in [1.54, 1.807) is 18.2 Å². The van der Waals surface area contributed by atoms with Crippen molar-refractivity contribution in [2.24, 2.45) is 0 Å². The minimum atomic E-state index is -0.448. The van der Waals surface area contributed by atoms with Crippen molar-refractivity contribution in [2.45, 2.75) is 0 Å². The van der Waals surface area contributed by atoms with E-state index in [4.69, 9.17) is 9.47 Å². The first-order valence-corrected chi connectivity index (χ1v) is 6.93. The molecule has 0 amide bonds. The van der Waals surface area contributed by atoms with Crippen molar-refractivity contribution in [1.29, 1.82) is 0 Å². The molecular formula is C18H14O5. The molecule has 0 bridgehead atoms. The van der Waals surface area contributed by atoms with Crippen LogP contribution in [-0.4, -0.2) is 22.6 Å². The number of phenols is 2. The number of hydrogen-bond acceptors (Lipinski definition) is 5. The molecule has 5 nitrogen and oxygen atoms in total. The summed E-state index contributed by atoms with van der Waals surface area (Å²) in [6.07, 6.45) is 3.16. The highest BCUT2D eigenvalue weighted by molar-refractivity contribution is 6.16. The molecule has 0 radical (unpaired) electrons. The van der Waals surface area contributed by atoms with Crippen LogP contribution in [0.15, 0.2) is 54.8 Å². The Balaban J connectivity index is 1.98. The number of phenolic OH excluding ortho intramolecular Hbond substituents is 2. The van der Waals surface area contributed by atoms with Gasteiger partial charge in [-0.15, -0.1) is 0 Å². The molecule has 1 aliphatic rings. The van der Waals surface area contributed by atoms with Gasteiger partial charge in [0.2, 0.25) is 5.78 Å². The third-order valence-electron chi connectivity index (χ3n) is 3.30. The molecule has 1 heterocycles. The van der Waals surface area contributed by atoms with E-state index >= 15 is 0 Å². The summed E-state index contributed by atoms with van der Waals surface area (Å²) in [7, 11) is 0. The monoisotopic (exact) mass is 310 g/mol. The summed E-state index contributed by atoms with van der Waals surface area (Å²) in [5.74, 6) is -0.177. The van der Waals surface area contributed by atoms with Gasteiger partial charge in [-0.1, -0.05) is 30.9 Å². The minimum absolute atomic E-state index is 0.0403. The lowest BCUT2D eigenvalue weighted by atomic mass is 10.1. The summed E-state index contributed by atoms with van der Waals surface area (Å²) in [6, 6.07) is 9.56. The Morgan fingerprint density at radius 2 is 2.00 bits per heavy atom. The van der Waals surface area contributed by atoms with Gasteiger partial charge in [-0.3, -0.25) is 4.79 Å². The van der Waals surface area contributed by atoms with Gasteiger partial charge in [0, 0.05) is 17.7 Å². The van der Waals surface area contributed by atoms with Gasteiger partial charge in [0.15, 0.2) is 5.76 Å². The SMILES string of the molecule is C=CCOc1ccccc1C=C1Oc2cc(O)cc(O)c2C1=O. The number of carbonyl (C=O) groups is 1. The van der Waals surface area contributed by atoms with Crippen molar-refractivity contribution in [3.8, 4) is 23.0 Å². The Kier molecular flexibility index (Phi) is 3.76. The van der Waals surface area contributed by atoms with Crippen LogP contribution in [0.1, 0.15) is 15.9 Å². The molecule has 0 aliphatic carbocycles. The van der Waals surface area contributed by atoms with Crippen LogP contribution in [0, 0.1) is 0 Å². The van der Waals surface area contributed by atoms with E-state index in [9.17, 15) is 15.0 Å². The Morgan fingerprint density at radius 3 is 2.78 bits per heavy atom. The molecule has 0 saturated heterocycles. The number of fused-ring (bicyclic) bond motifs is 1. The summed E-state index contributed by atoms with van der Waals surface area (Å²) < 4.78 is 11.0.